The van der Waals surface area contributed by atoms with E-state index in [1.807, 2.05) is 0 Å². The van der Waals surface area contributed by atoms with Crippen LogP contribution in [-0.2, 0) is 17.7 Å². The molecular formula is C21H34N4O. The number of fused-ring (bicyclic) bond motifs is 1. The van der Waals surface area contributed by atoms with Crippen molar-refractivity contribution >= 4 is 5.96 Å². The third kappa shape index (κ3) is 5.21. The van der Waals surface area contributed by atoms with Crippen LogP contribution >= 0.6 is 0 Å². The van der Waals surface area contributed by atoms with Crippen LogP contribution < -0.4 is 5.32 Å². The van der Waals surface area contributed by atoms with Crippen molar-refractivity contribution in [2.45, 2.75) is 45.8 Å². The summed E-state index contributed by atoms with van der Waals surface area (Å²) in [6.07, 6.45) is 3.78. The van der Waals surface area contributed by atoms with Crippen molar-refractivity contribution in [1.82, 2.24) is 15.1 Å². The summed E-state index contributed by atoms with van der Waals surface area (Å²) in [4.78, 5) is 9.83. The third-order valence-corrected chi connectivity index (χ3v) is 5.37. The van der Waals surface area contributed by atoms with Crippen LogP contribution in [0.4, 0.5) is 0 Å². The van der Waals surface area contributed by atoms with Crippen LogP contribution in [-0.4, -0.2) is 67.7 Å². The first-order chi connectivity index (χ1) is 12.8. The first-order valence-corrected chi connectivity index (χ1v) is 10.2. The van der Waals surface area contributed by atoms with Crippen molar-refractivity contribution in [2.75, 3.05) is 45.9 Å². The number of benzene rings is 1. The first kappa shape index (κ1) is 19.2. The van der Waals surface area contributed by atoms with Gasteiger partial charge in [0.05, 0.1) is 12.6 Å². The van der Waals surface area contributed by atoms with Crippen molar-refractivity contribution in [3.63, 3.8) is 0 Å². The lowest BCUT2D eigenvalue weighted by molar-refractivity contribution is 0.0263. The van der Waals surface area contributed by atoms with Crippen molar-refractivity contribution in [3.05, 3.63) is 35.4 Å². The Bertz CT molecular complexity index is 581. The predicted octanol–water partition coefficient (Wildman–Crippen LogP) is 2.51. The van der Waals surface area contributed by atoms with E-state index in [2.05, 4.69) is 53.2 Å². The molecule has 5 nitrogen and oxygen atoms in total. The molecule has 1 aromatic rings. The monoisotopic (exact) mass is 358 g/mol. The van der Waals surface area contributed by atoms with E-state index in [1.54, 1.807) is 0 Å². The molecule has 0 atom stereocenters. The Labute approximate surface area is 158 Å². The molecule has 0 aliphatic carbocycles. The van der Waals surface area contributed by atoms with Crippen molar-refractivity contribution in [2.24, 2.45) is 4.99 Å². The minimum absolute atomic E-state index is 0.424. The minimum Gasteiger partial charge on any atom is -0.378 e. The van der Waals surface area contributed by atoms with Crippen molar-refractivity contribution in [3.8, 4) is 0 Å². The highest BCUT2D eigenvalue weighted by Gasteiger charge is 2.21. The summed E-state index contributed by atoms with van der Waals surface area (Å²) in [6.45, 7) is 12.1. The van der Waals surface area contributed by atoms with Gasteiger partial charge in [-0.1, -0.05) is 24.3 Å². The number of nitrogens with zero attached hydrogens (tertiary/aromatic N) is 3. The number of aliphatic imine (C=N–C) groups is 1. The van der Waals surface area contributed by atoms with Gasteiger partial charge < -0.3 is 15.0 Å². The lowest BCUT2D eigenvalue weighted by Gasteiger charge is -2.34. The number of rotatable bonds is 6. The van der Waals surface area contributed by atoms with E-state index in [0.717, 1.165) is 77.6 Å². The van der Waals surface area contributed by atoms with Gasteiger partial charge in [0.25, 0.3) is 0 Å². The molecule has 1 aromatic carbocycles. The van der Waals surface area contributed by atoms with Gasteiger partial charge in [-0.2, -0.15) is 0 Å². The number of hydrogen-bond donors (Lipinski definition) is 1. The van der Waals surface area contributed by atoms with Gasteiger partial charge in [0.2, 0.25) is 0 Å². The Balaban J connectivity index is 1.49. The molecule has 1 fully saturated rings. The average Bonchev–Trinajstić information content (AvgIpc) is 2.68. The minimum atomic E-state index is 0.424. The summed E-state index contributed by atoms with van der Waals surface area (Å²) in [5.74, 6) is 1.07. The van der Waals surface area contributed by atoms with Crippen LogP contribution in [0.15, 0.2) is 29.3 Å². The Morgan fingerprint density at radius 1 is 1.15 bits per heavy atom. The zero-order chi connectivity index (χ0) is 18.2. The summed E-state index contributed by atoms with van der Waals surface area (Å²) in [5.41, 5.74) is 2.99. The van der Waals surface area contributed by atoms with Crippen molar-refractivity contribution < 1.29 is 4.74 Å². The second-order valence-corrected chi connectivity index (χ2v) is 7.17. The lowest BCUT2D eigenvalue weighted by Crippen LogP contribution is -2.47. The highest BCUT2D eigenvalue weighted by atomic mass is 16.5. The third-order valence-electron chi connectivity index (χ3n) is 5.37. The molecule has 0 radical (unpaired) electrons. The molecule has 26 heavy (non-hydrogen) atoms. The number of nitrogens with one attached hydrogen (secondary N) is 1. The highest BCUT2D eigenvalue weighted by Crippen LogP contribution is 2.18. The number of hydrogen-bond acceptors (Lipinski definition) is 3. The van der Waals surface area contributed by atoms with Crippen molar-refractivity contribution in [1.29, 1.82) is 0 Å². The van der Waals surface area contributed by atoms with E-state index in [9.17, 15) is 0 Å². The Kier molecular flexibility index (Phi) is 7.32. The summed E-state index contributed by atoms with van der Waals surface area (Å²) >= 11 is 0. The molecule has 1 N–H and O–H groups in total. The molecule has 0 saturated carbocycles. The SMILES string of the molecule is CCNC(=NCCN1CCc2ccccc2C1)N1CCC(OCC)CC1. The average molecular weight is 359 g/mol. The molecule has 3 rings (SSSR count). The molecule has 5 heteroatoms. The Morgan fingerprint density at radius 2 is 1.92 bits per heavy atom. The quantitative estimate of drug-likeness (QED) is 0.627. The van der Waals surface area contributed by atoms with Crippen LogP contribution in [0.2, 0.25) is 0 Å². The van der Waals surface area contributed by atoms with Crippen LogP contribution in [0, 0.1) is 0 Å². The molecule has 2 aliphatic rings. The van der Waals surface area contributed by atoms with Gasteiger partial charge >= 0.3 is 0 Å². The van der Waals surface area contributed by atoms with Gasteiger partial charge in [0, 0.05) is 45.9 Å². The normalized spacial score (nSPS) is 19.5. The fraction of sp³-hybridized carbons (Fsp3) is 0.667. The standard InChI is InChI=1S/C21H34N4O/c1-3-22-21(25-14-10-20(11-15-25)26-4-2)23-12-16-24-13-9-18-7-5-6-8-19(18)17-24/h5-8,20H,3-4,9-17H2,1-2H3,(H,22,23). The fourth-order valence-electron chi connectivity index (χ4n) is 3.94. The highest BCUT2D eigenvalue weighted by molar-refractivity contribution is 5.80. The molecule has 2 heterocycles. The Morgan fingerprint density at radius 3 is 2.65 bits per heavy atom. The number of likely N-dealkylation sites (tertiary alicyclic amines) is 1. The maximum atomic E-state index is 5.77. The van der Waals surface area contributed by atoms with Gasteiger partial charge in [-0.3, -0.25) is 9.89 Å². The number of piperidine rings is 1. The molecule has 0 amide bonds. The summed E-state index contributed by atoms with van der Waals surface area (Å²) in [6, 6.07) is 8.82. The topological polar surface area (TPSA) is 40.1 Å². The van der Waals surface area contributed by atoms with Crippen LogP contribution in [0.25, 0.3) is 0 Å². The van der Waals surface area contributed by atoms with E-state index in [-0.39, 0.29) is 0 Å². The number of guanidine groups is 1. The predicted molar refractivity (Wildman–Crippen MR) is 108 cm³/mol. The molecule has 144 valence electrons. The van der Waals surface area contributed by atoms with E-state index in [0.29, 0.717) is 6.10 Å². The van der Waals surface area contributed by atoms with Crippen LogP contribution in [0.1, 0.15) is 37.8 Å². The molecule has 0 aromatic heterocycles. The zero-order valence-corrected chi connectivity index (χ0v) is 16.4. The summed E-state index contributed by atoms with van der Waals surface area (Å²) < 4.78 is 5.77. The molecule has 0 spiro atoms. The lowest BCUT2D eigenvalue weighted by atomic mass is 10.00. The summed E-state index contributed by atoms with van der Waals surface area (Å²) in [5, 5.41) is 3.47. The maximum Gasteiger partial charge on any atom is 0.193 e. The second kappa shape index (κ2) is 9.93. The van der Waals surface area contributed by atoms with Gasteiger partial charge in [-0.05, 0) is 44.2 Å². The fourth-order valence-corrected chi connectivity index (χ4v) is 3.94. The molecule has 1 saturated heterocycles. The smallest absolute Gasteiger partial charge is 0.193 e. The molecule has 0 bridgehead atoms. The van der Waals surface area contributed by atoms with E-state index in [4.69, 9.17) is 9.73 Å². The maximum absolute atomic E-state index is 5.77. The van der Waals surface area contributed by atoms with Gasteiger partial charge in [-0.15, -0.1) is 0 Å². The Hall–Kier alpha value is -1.59. The van der Waals surface area contributed by atoms with E-state index in [1.165, 1.54) is 11.1 Å². The van der Waals surface area contributed by atoms with Gasteiger partial charge in [-0.25, -0.2) is 0 Å². The molecular weight excluding hydrogens is 324 g/mol. The zero-order valence-electron chi connectivity index (χ0n) is 16.4. The first-order valence-electron chi connectivity index (χ1n) is 10.2. The largest absolute Gasteiger partial charge is 0.378 e. The molecule has 0 unspecified atom stereocenters. The van der Waals surface area contributed by atoms with Gasteiger partial charge in [0.15, 0.2) is 5.96 Å². The van der Waals surface area contributed by atoms with Gasteiger partial charge in [0.1, 0.15) is 0 Å². The molecule has 2 aliphatic heterocycles. The van der Waals surface area contributed by atoms with Crippen LogP contribution in [0.5, 0.6) is 0 Å². The number of ether oxygens (including phenoxy) is 1. The second-order valence-electron chi connectivity index (χ2n) is 7.17. The van der Waals surface area contributed by atoms with Crippen LogP contribution in [0.3, 0.4) is 0 Å². The van der Waals surface area contributed by atoms with E-state index >= 15 is 0 Å². The summed E-state index contributed by atoms with van der Waals surface area (Å²) in [7, 11) is 0. The van der Waals surface area contributed by atoms with E-state index < -0.39 is 0 Å².